The maximum absolute atomic E-state index is 10.8. The molecule has 2 N–H and O–H groups in total. The van der Waals surface area contributed by atoms with Crippen LogP contribution >= 0.6 is 0 Å². The summed E-state index contributed by atoms with van der Waals surface area (Å²) in [5, 5.41) is 8.26. The van der Waals surface area contributed by atoms with E-state index in [9.17, 15) is 4.79 Å². The molecule has 0 unspecified atom stereocenters. The Bertz CT molecular complexity index is 446. The van der Waals surface area contributed by atoms with E-state index < -0.39 is 5.91 Å². The van der Waals surface area contributed by atoms with Crippen molar-refractivity contribution in [2.45, 2.75) is 6.42 Å². The number of benzene rings is 1. The Balaban J connectivity index is 2.92. The maximum Gasteiger partial charge on any atom is 0.248 e. The molecule has 0 aliphatic rings. The fraction of sp³-hybridized carbons (Fsp3) is 0.0909. The van der Waals surface area contributed by atoms with Crippen molar-refractivity contribution in [3.05, 3.63) is 35.4 Å². The topological polar surface area (TPSA) is 66.9 Å². The highest BCUT2D eigenvalue weighted by atomic mass is 16.1. The molecule has 3 heteroatoms. The van der Waals surface area contributed by atoms with Gasteiger partial charge < -0.3 is 5.73 Å². The third kappa shape index (κ3) is 2.66. The molecule has 0 aliphatic carbocycles. The lowest BCUT2D eigenvalue weighted by Crippen LogP contribution is -2.10. The van der Waals surface area contributed by atoms with E-state index in [-0.39, 0.29) is 6.42 Å². The van der Waals surface area contributed by atoms with Gasteiger partial charge in [-0.3, -0.25) is 4.79 Å². The molecule has 0 spiro atoms. The van der Waals surface area contributed by atoms with Crippen molar-refractivity contribution in [3.8, 4) is 17.9 Å². The average molecular weight is 184 g/mol. The van der Waals surface area contributed by atoms with Gasteiger partial charge in [0, 0.05) is 11.1 Å². The number of primary amides is 1. The van der Waals surface area contributed by atoms with Gasteiger partial charge in [0.05, 0.1) is 12.5 Å². The van der Waals surface area contributed by atoms with E-state index in [1.54, 1.807) is 24.3 Å². The Morgan fingerprint density at radius 1 is 1.50 bits per heavy atom. The zero-order valence-electron chi connectivity index (χ0n) is 7.45. The van der Waals surface area contributed by atoms with Crippen LogP contribution in [0.3, 0.4) is 0 Å². The monoisotopic (exact) mass is 184 g/mol. The molecule has 1 aromatic rings. The number of nitrogens with zero attached hydrogens (tertiary/aromatic N) is 1. The Kier molecular flexibility index (Phi) is 3.29. The summed E-state index contributed by atoms with van der Waals surface area (Å²) in [6.45, 7) is 0. The molecule has 3 nitrogen and oxygen atoms in total. The summed E-state index contributed by atoms with van der Waals surface area (Å²) in [6.07, 6.45) is 0.181. The molecule has 0 atom stereocenters. The first-order valence-electron chi connectivity index (χ1n) is 3.99. The van der Waals surface area contributed by atoms with Crippen molar-refractivity contribution in [2.24, 2.45) is 5.73 Å². The van der Waals surface area contributed by atoms with Crippen LogP contribution in [-0.2, 0) is 0 Å². The molecule has 0 saturated carbocycles. The SMILES string of the molecule is N#CCC#Cc1cccc(C(N)=O)c1. The third-order valence-corrected chi connectivity index (χ3v) is 1.55. The third-order valence-electron chi connectivity index (χ3n) is 1.55. The molecule has 1 amide bonds. The highest BCUT2D eigenvalue weighted by molar-refractivity contribution is 5.93. The first kappa shape index (κ1) is 9.83. The van der Waals surface area contributed by atoms with Crippen molar-refractivity contribution in [2.75, 3.05) is 0 Å². The van der Waals surface area contributed by atoms with E-state index in [0.717, 1.165) is 0 Å². The van der Waals surface area contributed by atoms with E-state index in [1.807, 2.05) is 6.07 Å². The second kappa shape index (κ2) is 4.69. The van der Waals surface area contributed by atoms with Gasteiger partial charge in [-0.05, 0) is 18.2 Å². The van der Waals surface area contributed by atoms with Gasteiger partial charge in [0.15, 0.2) is 0 Å². The van der Waals surface area contributed by atoms with Crippen molar-refractivity contribution in [3.63, 3.8) is 0 Å². The second-order valence-corrected chi connectivity index (χ2v) is 2.58. The van der Waals surface area contributed by atoms with Gasteiger partial charge in [-0.25, -0.2) is 0 Å². The lowest BCUT2D eigenvalue weighted by molar-refractivity contribution is 0.100. The van der Waals surface area contributed by atoms with E-state index in [4.69, 9.17) is 11.0 Å². The van der Waals surface area contributed by atoms with Crippen molar-refractivity contribution >= 4 is 5.91 Å². The summed E-state index contributed by atoms with van der Waals surface area (Å²) in [5.74, 6) is 4.94. The summed E-state index contributed by atoms with van der Waals surface area (Å²) in [4.78, 5) is 10.8. The molecular weight excluding hydrogens is 176 g/mol. The number of rotatable bonds is 1. The minimum absolute atomic E-state index is 0.181. The van der Waals surface area contributed by atoms with Crippen LogP contribution in [0.15, 0.2) is 24.3 Å². The van der Waals surface area contributed by atoms with E-state index >= 15 is 0 Å². The molecule has 0 aromatic heterocycles. The van der Waals surface area contributed by atoms with E-state index in [1.165, 1.54) is 0 Å². The molecule has 0 heterocycles. The molecule has 0 bridgehead atoms. The molecule has 0 saturated heterocycles. The van der Waals surface area contributed by atoms with Crippen molar-refractivity contribution in [1.29, 1.82) is 5.26 Å². The summed E-state index contributed by atoms with van der Waals surface area (Å²) in [5.41, 5.74) is 6.21. The zero-order valence-corrected chi connectivity index (χ0v) is 7.45. The molecule has 68 valence electrons. The highest BCUT2D eigenvalue weighted by Gasteiger charge is 1.98. The molecule has 1 rings (SSSR count). The van der Waals surface area contributed by atoms with Gasteiger partial charge in [0.2, 0.25) is 5.91 Å². The second-order valence-electron chi connectivity index (χ2n) is 2.58. The predicted molar refractivity (Wildman–Crippen MR) is 52.1 cm³/mol. The van der Waals surface area contributed by atoms with Crippen LogP contribution in [0.4, 0.5) is 0 Å². The van der Waals surface area contributed by atoms with Crippen LogP contribution in [0.1, 0.15) is 22.3 Å². The number of hydrogen-bond acceptors (Lipinski definition) is 2. The smallest absolute Gasteiger partial charge is 0.248 e. The number of nitriles is 1. The van der Waals surface area contributed by atoms with Crippen LogP contribution in [0.5, 0.6) is 0 Å². The van der Waals surface area contributed by atoms with Crippen LogP contribution in [-0.4, -0.2) is 5.91 Å². The Morgan fingerprint density at radius 3 is 2.93 bits per heavy atom. The summed E-state index contributed by atoms with van der Waals surface area (Å²) in [7, 11) is 0. The summed E-state index contributed by atoms with van der Waals surface area (Å²) < 4.78 is 0. The summed E-state index contributed by atoms with van der Waals surface area (Å²) >= 11 is 0. The average Bonchev–Trinajstić information content (AvgIpc) is 2.19. The lowest BCUT2D eigenvalue weighted by atomic mass is 10.1. The van der Waals surface area contributed by atoms with Crippen molar-refractivity contribution in [1.82, 2.24) is 0 Å². The maximum atomic E-state index is 10.8. The summed E-state index contributed by atoms with van der Waals surface area (Å²) in [6, 6.07) is 8.60. The lowest BCUT2D eigenvalue weighted by Gasteiger charge is -1.94. The fourth-order valence-electron chi connectivity index (χ4n) is 0.936. The highest BCUT2D eigenvalue weighted by Crippen LogP contribution is 2.02. The molecular formula is C11H8N2O. The van der Waals surface area contributed by atoms with E-state index in [0.29, 0.717) is 11.1 Å². The molecule has 0 aliphatic heterocycles. The van der Waals surface area contributed by atoms with Gasteiger partial charge >= 0.3 is 0 Å². The van der Waals surface area contributed by atoms with E-state index in [2.05, 4.69) is 11.8 Å². The van der Waals surface area contributed by atoms with Gasteiger partial charge in [0.25, 0.3) is 0 Å². The molecule has 1 aromatic carbocycles. The fourth-order valence-corrected chi connectivity index (χ4v) is 0.936. The Labute approximate surface area is 82.1 Å². The molecule has 14 heavy (non-hydrogen) atoms. The molecule has 0 fully saturated rings. The number of carbonyl (C=O) groups is 1. The van der Waals surface area contributed by atoms with Gasteiger partial charge in [0.1, 0.15) is 0 Å². The minimum Gasteiger partial charge on any atom is -0.366 e. The van der Waals surface area contributed by atoms with Gasteiger partial charge in [-0.1, -0.05) is 17.9 Å². The van der Waals surface area contributed by atoms with Gasteiger partial charge in [-0.2, -0.15) is 5.26 Å². The first-order valence-corrected chi connectivity index (χ1v) is 3.99. The van der Waals surface area contributed by atoms with Crippen LogP contribution in [0.2, 0.25) is 0 Å². The first-order chi connectivity index (χ1) is 6.74. The van der Waals surface area contributed by atoms with Gasteiger partial charge in [-0.15, -0.1) is 0 Å². The Hall–Kier alpha value is -2.26. The zero-order chi connectivity index (χ0) is 10.4. The standard InChI is InChI=1S/C11H8N2O/c12-7-2-1-4-9-5-3-6-10(8-9)11(13)14/h3,5-6,8H,2H2,(H2,13,14). The number of nitrogens with two attached hydrogens (primary N) is 1. The predicted octanol–water partition coefficient (Wildman–Crippen LogP) is 1.05. The van der Waals surface area contributed by atoms with Crippen LogP contribution in [0, 0.1) is 23.2 Å². The van der Waals surface area contributed by atoms with Crippen LogP contribution < -0.4 is 5.73 Å². The Morgan fingerprint density at radius 2 is 2.29 bits per heavy atom. The largest absolute Gasteiger partial charge is 0.366 e. The number of amides is 1. The minimum atomic E-state index is -0.478. The number of hydrogen-bond donors (Lipinski definition) is 1. The molecule has 0 radical (unpaired) electrons. The quantitative estimate of drug-likeness (QED) is 0.663. The number of carbonyl (C=O) groups excluding carboxylic acids is 1. The van der Waals surface area contributed by atoms with Crippen LogP contribution in [0.25, 0.3) is 0 Å². The normalized spacial score (nSPS) is 8.21. The van der Waals surface area contributed by atoms with Crippen molar-refractivity contribution < 1.29 is 4.79 Å².